The summed E-state index contributed by atoms with van der Waals surface area (Å²) in [6.45, 7) is 0. The van der Waals surface area contributed by atoms with E-state index in [0.29, 0.717) is 5.56 Å². The minimum atomic E-state index is -4.80. The third kappa shape index (κ3) is 2.97. The molecule has 5 heteroatoms. The van der Waals surface area contributed by atoms with Gasteiger partial charge >= 0.3 is 0 Å². The molecule has 0 spiro atoms. The van der Waals surface area contributed by atoms with E-state index in [0.717, 1.165) is 0 Å². The number of rotatable bonds is 3. The molecule has 0 amide bonds. The predicted molar refractivity (Wildman–Crippen MR) is 47.2 cm³/mol. The molecule has 0 aliphatic carbocycles. The number of benzene rings is 1. The van der Waals surface area contributed by atoms with E-state index < -0.39 is 13.3 Å². The zero-order valence-electron chi connectivity index (χ0n) is 7.29. The normalized spacial score (nSPS) is 13.2. The Labute approximate surface area is 82.0 Å². The first-order valence-electron chi connectivity index (χ1n) is 3.99. The molecule has 0 aromatic heterocycles. The van der Waals surface area contributed by atoms with E-state index in [9.17, 15) is 14.4 Å². The van der Waals surface area contributed by atoms with Gasteiger partial charge in [-0.05, 0) is 19.6 Å². The summed E-state index contributed by atoms with van der Waals surface area (Å²) in [4.78, 5) is 21.2. The maximum absolute atomic E-state index is 10.6. The molecule has 4 nitrogen and oxygen atoms in total. The summed E-state index contributed by atoms with van der Waals surface area (Å²) in [6, 6.07) is 10.1. The third-order valence-electron chi connectivity index (χ3n) is 1.80. The van der Waals surface area contributed by atoms with E-state index >= 15 is 0 Å². The highest BCUT2D eigenvalue weighted by molar-refractivity contribution is 7.50. The molecule has 14 heavy (non-hydrogen) atoms. The Kier molecular flexibility index (Phi) is 3.43. The molecular weight excluding hydrogens is 201 g/mol. The molecule has 1 aromatic rings. The van der Waals surface area contributed by atoms with Crippen molar-refractivity contribution in [1.82, 2.24) is 0 Å². The van der Waals surface area contributed by atoms with Crippen LogP contribution >= 0.6 is 7.60 Å². The molecule has 1 unspecified atom stereocenters. The standard InChI is InChI=1S/C9H10NO3P/c10-7-9(14(11,12)13)6-8-4-2-1-3-5-8/h1-5,9H,6H2,(H2,11,12,13)/p-2. The van der Waals surface area contributed by atoms with Crippen LogP contribution in [0.2, 0.25) is 0 Å². The lowest BCUT2D eigenvalue weighted by Crippen LogP contribution is -2.26. The Hall–Kier alpha value is -1.14. The van der Waals surface area contributed by atoms with Gasteiger partial charge in [-0.2, -0.15) is 5.26 Å². The van der Waals surface area contributed by atoms with Gasteiger partial charge in [-0.15, -0.1) is 0 Å². The SMILES string of the molecule is N#CC(Cc1ccccc1)P(=O)([O-])[O-]. The quantitative estimate of drug-likeness (QED) is 0.657. The van der Waals surface area contributed by atoms with E-state index in [1.165, 1.54) is 6.07 Å². The van der Waals surface area contributed by atoms with Gasteiger partial charge in [0.25, 0.3) is 0 Å². The van der Waals surface area contributed by atoms with Crippen molar-refractivity contribution in [2.75, 3.05) is 0 Å². The van der Waals surface area contributed by atoms with Gasteiger partial charge in [0, 0.05) is 0 Å². The summed E-state index contributed by atoms with van der Waals surface area (Å²) in [7, 11) is -4.80. The van der Waals surface area contributed by atoms with E-state index in [-0.39, 0.29) is 6.42 Å². The third-order valence-corrected chi connectivity index (χ3v) is 2.86. The van der Waals surface area contributed by atoms with E-state index in [1.807, 2.05) is 0 Å². The fraction of sp³-hybridized carbons (Fsp3) is 0.222. The van der Waals surface area contributed by atoms with Gasteiger partial charge in [-0.1, -0.05) is 30.3 Å². The van der Waals surface area contributed by atoms with Crippen LogP contribution in [0.25, 0.3) is 0 Å². The van der Waals surface area contributed by atoms with Crippen LogP contribution in [0, 0.1) is 11.3 Å². The van der Waals surface area contributed by atoms with Crippen LogP contribution in [0.3, 0.4) is 0 Å². The second kappa shape index (κ2) is 4.39. The van der Waals surface area contributed by atoms with Gasteiger partial charge in [-0.3, -0.25) is 0 Å². The average Bonchev–Trinajstić information content (AvgIpc) is 2.14. The number of hydrogen-bond acceptors (Lipinski definition) is 4. The van der Waals surface area contributed by atoms with Crippen LogP contribution in [0.4, 0.5) is 0 Å². The molecule has 0 saturated heterocycles. The predicted octanol–water partition coefficient (Wildman–Crippen LogP) is 0.0350. The Balaban J connectivity index is 2.79. The molecule has 1 rings (SSSR count). The van der Waals surface area contributed by atoms with Gasteiger partial charge < -0.3 is 14.4 Å². The van der Waals surface area contributed by atoms with E-state index in [2.05, 4.69) is 0 Å². The molecule has 0 aliphatic heterocycles. The van der Waals surface area contributed by atoms with Crippen molar-refractivity contribution in [2.24, 2.45) is 0 Å². The van der Waals surface area contributed by atoms with Crippen LogP contribution < -0.4 is 9.79 Å². The van der Waals surface area contributed by atoms with Crippen molar-refractivity contribution in [1.29, 1.82) is 5.26 Å². The van der Waals surface area contributed by atoms with E-state index in [1.54, 1.807) is 30.3 Å². The monoisotopic (exact) mass is 209 g/mol. The van der Waals surface area contributed by atoms with Crippen LogP contribution in [0.5, 0.6) is 0 Å². The van der Waals surface area contributed by atoms with Gasteiger partial charge in [0.05, 0.1) is 11.7 Å². The highest BCUT2D eigenvalue weighted by atomic mass is 31.2. The summed E-state index contributed by atoms with van der Waals surface area (Å²) in [6.07, 6.45) is -0.0401. The number of hydrogen-bond donors (Lipinski definition) is 0. The number of nitrogens with zero attached hydrogens (tertiary/aromatic N) is 1. The van der Waals surface area contributed by atoms with Gasteiger partial charge in [0.2, 0.25) is 0 Å². The van der Waals surface area contributed by atoms with Crippen molar-refractivity contribution >= 4 is 7.60 Å². The molecule has 0 bridgehead atoms. The first kappa shape index (κ1) is 10.9. The van der Waals surface area contributed by atoms with Gasteiger partial charge in [-0.25, -0.2) is 0 Å². The van der Waals surface area contributed by atoms with E-state index in [4.69, 9.17) is 5.26 Å². The summed E-state index contributed by atoms with van der Waals surface area (Å²) in [5.41, 5.74) is -0.795. The summed E-state index contributed by atoms with van der Waals surface area (Å²) < 4.78 is 10.6. The Morgan fingerprint density at radius 2 is 1.93 bits per heavy atom. The molecule has 74 valence electrons. The largest absolute Gasteiger partial charge is 0.810 e. The summed E-state index contributed by atoms with van der Waals surface area (Å²) in [5.74, 6) is 0. The zero-order valence-corrected chi connectivity index (χ0v) is 8.18. The smallest absolute Gasteiger partial charge is 0.0778 e. The van der Waals surface area contributed by atoms with Crippen molar-refractivity contribution in [3.05, 3.63) is 35.9 Å². The van der Waals surface area contributed by atoms with Crippen molar-refractivity contribution in [3.63, 3.8) is 0 Å². The second-order valence-electron chi connectivity index (χ2n) is 2.87. The second-order valence-corrected chi connectivity index (χ2v) is 4.58. The Morgan fingerprint density at radius 1 is 1.36 bits per heavy atom. The lowest BCUT2D eigenvalue weighted by Gasteiger charge is -2.33. The van der Waals surface area contributed by atoms with Crippen LogP contribution in [-0.2, 0) is 11.0 Å². The van der Waals surface area contributed by atoms with Crippen LogP contribution in [-0.4, -0.2) is 5.66 Å². The molecular formula is C9H8NO3P-2. The topological polar surface area (TPSA) is 87.0 Å². The molecule has 0 fully saturated rings. The van der Waals surface area contributed by atoms with Crippen molar-refractivity contribution < 1.29 is 14.4 Å². The maximum atomic E-state index is 10.6. The number of nitriles is 1. The van der Waals surface area contributed by atoms with Crippen molar-refractivity contribution in [3.8, 4) is 6.07 Å². The fourth-order valence-corrected chi connectivity index (χ4v) is 1.64. The van der Waals surface area contributed by atoms with Gasteiger partial charge in [0.15, 0.2) is 0 Å². The Morgan fingerprint density at radius 3 is 2.36 bits per heavy atom. The lowest BCUT2D eigenvalue weighted by atomic mass is 10.1. The molecule has 0 heterocycles. The highest BCUT2D eigenvalue weighted by Crippen LogP contribution is 2.32. The first-order valence-corrected chi connectivity index (χ1v) is 5.60. The van der Waals surface area contributed by atoms with Crippen LogP contribution in [0.1, 0.15) is 5.56 Å². The molecule has 1 aromatic carbocycles. The first-order chi connectivity index (χ1) is 6.54. The summed E-state index contributed by atoms with van der Waals surface area (Å²) >= 11 is 0. The highest BCUT2D eigenvalue weighted by Gasteiger charge is 2.12. The molecule has 0 saturated carbocycles. The maximum Gasteiger partial charge on any atom is 0.0778 e. The van der Waals surface area contributed by atoms with Crippen molar-refractivity contribution in [2.45, 2.75) is 12.1 Å². The molecule has 1 atom stereocenters. The van der Waals surface area contributed by atoms with Crippen LogP contribution in [0.15, 0.2) is 30.3 Å². The Bertz CT molecular complexity index is 379. The minimum absolute atomic E-state index is 0.0401. The molecule has 0 radical (unpaired) electrons. The molecule has 0 N–H and O–H groups in total. The zero-order chi connectivity index (χ0) is 10.6. The summed E-state index contributed by atoms with van der Waals surface area (Å²) in [5, 5.41) is 8.50. The van der Waals surface area contributed by atoms with Gasteiger partial charge in [0.1, 0.15) is 0 Å². The minimum Gasteiger partial charge on any atom is -0.810 e. The fourth-order valence-electron chi connectivity index (χ4n) is 1.07. The molecule has 0 aliphatic rings. The lowest BCUT2D eigenvalue weighted by molar-refractivity contribution is -0.315. The average molecular weight is 209 g/mol.